The summed E-state index contributed by atoms with van der Waals surface area (Å²) in [5, 5.41) is 5.27. The average Bonchev–Trinajstić information content (AvgIpc) is 3.39. The van der Waals surface area contributed by atoms with Crippen LogP contribution in [-0.4, -0.2) is 21.7 Å². The fourth-order valence-electron chi connectivity index (χ4n) is 4.16. The first-order valence-electron chi connectivity index (χ1n) is 10.9. The van der Waals surface area contributed by atoms with Gasteiger partial charge in [0, 0.05) is 39.1 Å². The second kappa shape index (κ2) is 8.63. The normalized spacial score (nSPS) is 11.3. The first-order chi connectivity index (χ1) is 16.1. The maximum absolute atomic E-state index is 12.6. The number of aryl methyl sites for hydroxylation is 2. The fraction of sp³-hybridized carbons (Fsp3) is 0.0714. The molecule has 2 aromatic heterocycles. The second-order valence-electron chi connectivity index (χ2n) is 8.02. The van der Waals surface area contributed by atoms with Crippen LogP contribution < -0.4 is 5.43 Å². The van der Waals surface area contributed by atoms with E-state index in [9.17, 15) is 4.79 Å². The van der Waals surface area contributed by atoms with Crippen LogP contribution >= 0.6 is 0 Å². The van der Waals surface area contributed by atoms with Gasteiger partial charge in [0.05, 0.1) is 11.9 Å². The summed E-state index contributed by atoms with van der Waals surface area (Å²) in [4.78, 5) is 16.0. The number of aromatic amines is 1. The van der Waals surface area contributed by atoms with Gasteiger partial charge >= 0.3 is 0 Å². The second-order valence-corrected chi connectivity index (χ2v) is 8.02. The molecule has 0 saturated carbocycles. The molecule has 0 aliphatic heterocycles. The van der Waals surface area contributed by atoms with Gasteiger partial charge in [0.1, 0.15) is 0 Å². The molecule has 3 aromatic carbocycles. The van der Waals surface area contributed by atoms with E-state index >= 15 is 0 Å². The van der Waals surface area contributed by atoms with E-state index in [0.29, 0.717) is 5.56 Å². The first kappa shape index (κ1) is 20.5. The lowest BCUT2D eigenvalue weighted by molar-refractivity contribution is 0.0955. The van der Waals surface area contributed by atoms with Gasteiger partial charge in [-0.1, -0.05) is 48.5 Å². The number of carbonyl (C=O) groups excluding carboxylic acids is 1. The Morgan fingerprint density at radius 1 is 0.879 bits per heavy atom. The van der Waals surface area contributed by atoms with Crippen molar-refractivity contribution in [2.45, 2.75) is 13.8 Å². The Bertz CT molecular complexity index is 1460. The van der Waals surface area contributed by atoms with Crippen molar-refractivity contribution in [3.8, 4) is 16.9 Å². The molecule has 0 aliphatic rings. The van der Waals surface area contributed by atoms with Gasteiger partial charge in [-0.2, -0.15) is 5.10 Å². The Morgan fingerprint density at radius 3 is 2.39 bits per heavy atom. The lowest BCUT2D eigenvalue weighted by Gasteiger charge is -2.12. The number of benzene rings is 3. The highest BCUT2D eigenvalue weighted by Crippen LogP contribution is 2.26. The van der Waals surface area contributed by atoms with E-state index < -0.39 is 0 Å². The largest absolute Gasteiger partial charge is 0.358 e. The molecule has 0 atom stereocenters. The van der Waals surface area contributed by atoms with Crippen LogP contribution in [0.25, 0.3) is 27.8 Å². The highest BCUT2D eigenvalue weighted by Gasteiger charge is 2.11. The van der Waals surface area contributed by atoms with Crippen LogP contribution in [0.3, 0.4) is 0 Å². The first-order valence-corrected chi connectivity index (χ1v) is 10.9. The van der Waals surface area contributed by atoms with Gasteiger partial charge in [0.25, 0.3) is 5.91 Å². The van der Waals surface area contributed by atoms with Gasteiger partial charge in [0.2, 0.25) is 0 Å². The third kappa shape index (κ3) is 3.96. The van der Waals surface area contributed by atoms with Crippen LogP contribution in [0.5, 0.6) is 0 Å². The summed E-state index contributed by atoms with van der Waals surface area (Å²) < 4.78 is 2.19. The molecule has 0 radical (unpaired) electrons. The Kier molecular flexibility index (Phi) is 5.37. The lowest BCUT2D eigenvalue weighted by atomic mass is 10.1. The van der Waals surface area contributed by atoms with Crippen molar-refractivity contribution in [2.24, 2.45) is 5.10 Å². The van der Waals surface area contributed by atoms with E-state index in [1.54, 1.807) is 6.21 Å². The minimum absolute atomic E-state index is 0.247. The van der Waals surface area contributed by atoms with E-state index in [1.807, 2.05) is 73.7 Å². The van der Waals surface area contributed by atoms with Crippen molar-refractivity contribution in [2.75, 3.05) is 0 Å². The Hall–Kier alpha value is -4.38. The molecule has 2 heterocycles. The number of carbonyl (C=O) groups is 1. The summed E-state index contributed by atoms with van der Waals surface area (Å²) in [5.74, 6) is -0.247. The van der Waals surface area contributed by atoms with E-state index in [-0.39, 0.29) is 5.91 Å². The summed E-state index contributed by atoms with van der Waals surface area (Å²) in [6.07, 6.45) is 1.69. The predicted molar refractivity (Wildman–Crippen MR) is 134 cm³/mol. The van der Waals surface area contributed by atoms with Crippen LogP contribution in [0.1, 0.15) is 27.3 Å². The molecule has 162 valence electrons. The highest BCUT2D eigenvalue weighted by atomic mass is 16.2. The van der Waals surface area contributed by atoms with Crippen molar-refractivity contribution in [1.29, 1.82) is 0 Å². The third-order valence-electron chi connectivity index (χ3n) is 5.84. The Morgan fingerprint density at radius 2 is 1.61 bits per heavy atom. The number of nitrogens with zero attached hydrogens (tertiary/aromatic N) is 2. The summed E-state index contributed by atoms with van der Waals surface area (Å²) in [6, 6.07) is 30.1. The van der Waals surface area contributed by atoms with Crippen molar-refractivity contribution in [1.82, 2.24) is 15.0 Å². The number of hydrogen-bond acceptors (Lipinski definition) is 2. The zero-order chi connectivity index (χ0) is 22.8. The van der Waals surface area contributed by atoms with E-state index in [0.717, 1.165) is 44.8 Å². The SMILES string of the molecule is Cc1[nH]c2ccccc2c1/C=N/NC(=O)c1ccc(-n2c(C)ccc2-c2ccccc2)cc1. The lowest BCUT2D eigenvalue weighted by Crippen LogP contribution is -2.17. The van der Waals surface area contributed by atoms with Gasteiger partial charge in [0.15, 0.2) is 0 Å². The predicted octanol–water partition coefficient (Wildman–Crippen LogP) is 6.01. The molecule has 0 spiro atoms. The monoisotopic (exact) mass is 432 g/mol. The molecule has 0 unspecified atom stereocenters. The van der Waals surface area contributed by atoms with Crippen LogP contribution in [0.4, 0.5) is 0 Å². The fourth-order valence-corrected chi connectivity index (χ4v) is 4.16. The van der Waals surface area contributed by atoms with Gasteiger partial charge in [-0.25, -0.2) is 5.43 Å². The van der Waals surface area contributed by atoms with Crippen molar-refractivity contribution in [3.63, 3.8) is 0 Å². The summed E-state index contributed by atoms with van der Waals surface area (Å²) in [5.41, 5.74) is 10.6. The molecular formula is C28H24N4O. The van der Waals surface area contributed by atoms with Crippen LogP contribution in [0.2, 0.25) is 0 Å². The summed E-state index contributed by atoms with van der Waals surface area (Å²) in [7, 11) is 0. The number of hydrogen-bond donors (Lipinski definition) is 2. The van der Waals surface area contributed by atoms with E-state index in [1.165, 1.54) is 0 Å². The molecule has 5 heteroatoms. The van der Waals surface area contributed by atoms with Crippen LogP contribution in [0, 0.1) is 13.8 Å². The number of hydrazone groups is 1. The van der Waals surface area contributed by atoms with Crippen LogP contribution in [-0.2, 0) is 0 Å². The molecule has 0 bridgehead atoms. The zero-order valence-corrected chi connectivity index (χ0v) is 18.5. The van der Waals surface area contributed by atoms with Crippen molar-refractivity contribution >= 4 is 23.0 Å². The van der Waals surface area contributed by atoms with Crippen molar-refractivity contribution in [3.05, 3.63) is 114 Å². The molecule has 5 rings (SSSR count). The Labute approximate surface area is 192 Å². The minimum Gasteiger partial charge on any atom is -0.358 e. The zero-order valence-electron chi connectivity index (χ0n) is 18.5. The molecule has 2 N–H and O–H groups in total. The summed E-state index contributed by atoms with van der Waals surface area (Å²) in [6.45, 7) is 4.07. The molecule has 5 nitrogen and oxygen atoms in total. The smallest absolute Gasteiger partial charge is 0.271 e. The number of fused-ring (bicyclic) bond motifs is 1. The van der Waals surface area contributed by atoms with E-state index in [4.69, 9.17) is 0 Å². The molecule has 5 aromatic rings. The maximum Gasteiger partial charge on any atom is 0.271 e. The molecule has 0 aliphatic carbocycles. The molecule has 0 saturated heterocycles. The topological polar surface area (TPSA) is 62.2 Å². The van der Waals surface area contributed by atoms with E-state index in [2.05, 4.69) is 51.3 Å². The van der Waals surface area contributed by atoms with Crippen LogP contribution in [0.15, 0.2) is 96.1 Å². The number of rotatable bonds is 5. The van der Waals surface area contributed by atoms with Gasteiger partial charge < -0.3 is 9.55 Å². The molecule has 0 fully saturated rings. The highest BCUT2D eigenvalue weighted by molar-refractivity contribution is 6.01. The molecular weight excluding hydrogens is 408 g/mol. The summed E-state index contributed by atoms with van der Waals surface area (Å²) >= 11 is 0. The van der Waals surface area contributed by atoms with Gasteiger partial charge in [-0.15, -0.1) is 0 Å². The number of H-pyrrole nitrogens is 1. The van der Waals surface area contributed by atoms with Gasteiger partial charge in [-0.3, -0.25) is 4.79 Å². The van der Waals surface area contributed by atoms with Crippen molar-refractivity contribution < 1.29 is 4.79 Å². The molecule has 1 amide bonds. The minimum atomic E-state index is -0.247. The standard InChI is InChI=1S/C28H24N4O/c1-19-12-17-27(21-8-4-3-5-9-21)32(19)23-15-13-22(14-16-23)28(33)31-29-18-25-20(2)30-26-11-7-6-10-24(25)26/h3-18,30H,1-2H3,(H,31,33)/b29-18+. The Balaban J connectivity index is 1.34. The third-order valence-corrected chi connectivity index (χ3v) is 5.84. The van der Waals surface area contributed by atoms with Gasteiger partial charge in [-0.05, 0) is 61.9 Å². The molecule has 33 heavy (non-hydrogen) atoms. The number of para-hydroxylation sites is 1. The number of nitrogens with one attached hydrogen (secondary N) is 2. The quantitative estimate of drug-likeness (QED) is 0.259. The maximum atomic E-state index is 12.6. The average molecular weight is 433 g/mol. The number of amides is 1. The number of aromatic nitrogens is 2.